The fourth-order valence-electron chi connectivity index (χ4n) is 1.10. The molecule has 1 atom stereocenters. The van der Waals surface area contributed by atoms with Crippen LogP contribution >= 0.6 is 23.6 Å². The first-order valence-electron chi connectivity index (χ1n) is 5.11. The second-order valence-electron chi connectivity index (χ2n) is 3.31. The van der Waals surface area contributed by atoms with E-state index < -0.39 is 20.8 Å². The lowest BCUT2D eigenvalue weighted by molar-refractivity contribution is 0.586. The molecule has 0 amide bonds. The standard InChI is InChI=1S/C9H14N2O3S4/c1-2-17(12)6-5-11-18(13,14)8-4-3-7(16-8)9(10)15/h3-4,11H,2,5-6H2,1H3,(H2,10,15). The number of nitrogens with two attached hydrogens (primary N) is 1. The highest BCUT2D eigenvalue weighted by atomic mass is 32.2. The fourth-order valence-corrected chi connectivity index (χ4v) is 4.28. The number of rotatable bonds is 7. The number of nitrogens with one attached hydrogen (secondary N) is 1. The molecule has 3 N–H and O–H groups in total. The van der Waals surface area contributed by atoms with E-state index >= 15 is 0 Å². The van der Waals surface area contributed by atoms with Gasteiger partial charge in [0.15, 0.2) is 0 Å². The number of sulfonamides is 1. The van der Waals surface area contributed by atoms with Crippen molar-refractivity contribution in [2.24, 2.45) is 5.73 Å². The molecule has 1 aromatic heterocycles. The zero-order valence-electron chi connectivity index (χ0n) is 9.71. The van der Waals surface area contributed by atoms with Gasteiger partial charge in [0.2, 0.25) is 10.0 Å². The van der Waals surface area contributed by atoms with E-state index in [4.69, 9.17) is 18.0 Å². The maximum Gasteiger partial charge on any atom is 0.250 e. The average molecular weight is 326 g/mol. The first-order chi connectivity index (χ1) is 8.36. The fraction of sp³-hybridized carbons (Fsp3) is 0.444. The normalized spacial score (nSPS) is 13.4. The van der Waals surface area contributed by atoms with Crippen molar-refractivity contribution in [3.63, 3.8) is 0 Å². The van der Waals surface area contributed by atoms with Crippen molar-refractivity contribution in [3.8, 4) is 0 Å². The minimum atomic E-state index is -3.56. The van der Waals surface area contributed by atoms with Gasteiger partial charge >= 0.3 is 0 Å². The first-order valence-corrected chi connectivity index (χ1v) is 9.30. The summed E-state index contributed by atoms with van der Waals surface area (Å²) in [4.78, 5) is 0.732. The second-order valence-corrected chi connectivity index (χ2v) is 8.70. The maximum atomic E-state index is 11.9. The van der Waals surface area contributed by atoms with Crippen LogP contribution in [0, 0.1) is 0 Å². The Morgan fingerprint density at radius 3 is 2.72 bits per heavy atom. The SMILES string of the molecule is CCS(=O)CCNS(=O)(=O)c1ccc(C(N)=S)s1. The minimum Gasteiger partial charge on any atom is -0.389 e. The predicted molar refractivity (Wildman–Crippen MR) is 78.9 cm³/mol. The zero-order chi connectivity index (χ0) is 13.8. The Bertz CT molecular complexity index is 550. The minimum absolute atomic E-state index is 0.156. The Labute approximate surface area is 118 Å². The van der Waals surface area contributed by atoms with Crippen LogP contribution in [0.15, 0.2) is 16.3 Å². The van der Waals surface area contributed by atoms with Crippen molar-refractivity contribution in [2.45, 2.75) is 11.1 Å². The monoisotopic (exact) mass is 326 g/mol. The zero-order valence-corrected chi connectivity index (χ0v) is 13.0. The maximum absolute atomic E-state index is 11.9. The van der Waals surface area contributed by atoms with Crippen molar-refractivity contribution in [1.82, 2.24) is 4.72 Å². The lowest BCUT2D eigenvalue weighted by Crippen LogP contribution is -2.27. The molecule has 18 heavy (non-hydrogen) atoms. The molecule has 0 aliphatic rings. The molecule has 1 aromatic rings. The third kappa shape index (κ3) is 4.39. The van der Waals surface area contributed by atoms with Gasteiger partial charge in [-0.15, -0.1) is 11.3 Å². The summed E-state index contributed by atoms with van der Waals surface area (Å²) in [6.45, 7) is 1.95. The molecule has 0 aliphatic heterocycles. The lowest BCUT2D eigenvalue weighted by Gasteiger charge is -2.03. The van der Waals surface area contributed by atoms with E-state index in [1.807, 2.05) is 0 Å². The molecule has 0 bridgehead atoms. The van der Waals surface area contributed by atoms with Gasteiger partial charge in [0.1, 0.15) is 9.20 Å². The topological polar surface area (TPSA) is 89.3 Å². The van der Waals surface area contributed by atoms with Crippen molar-refractivity contribution in [1.29, 1.82) is 0 Å². The third-order valence-electron chi connectivity index (χ3n) is 2.03. The summed E-state index contributed by atoms with van der Waals surface area (Å²) >= 11 is 5.79. The van der Waals surface area contributed by atoms with E-state index in [1.54, 1.807) is 13.0 Å². The van der Waals surface area contributed by atoms with Crippen LogP contribution in [0.2, 0.25) is 0 Å². The Morgan fingerprint density at radius 2 is 2.22 bits per heavy atom. The Hall–Kier alpha value is -0.350. The molecule has 9 heteroatoms. The van der Waals surface area contributed by atoms with Crippen LogP contribution in [0.5, 0.6) is 0 Å². The van der Waals surface area contributed by atoms with Gasteiger partial charge in [-0.3, -0.25) is 4.21 Å². The number of thiophene rings is 1. The molecular weight excluding hydrogens is 312 g/mol. The van der Waals surface area contributed by atoms with Gasteiger partial charge in [-0.25, -0.2) is 13.1 Å². The molecule has 0 fully saturated rings. The van der Waals surface area contributed by atoms with Crippen LogP contribution in [-0.2, 0) is 20.8 Å². The van der Waals surface area contributed by atoms with Gasteiger partial charge in [0.05, 0.1) is 4.88 Å². The van der Waals surface area contributed by atoms with Crippen LogP contribution in [-0.4, -0.2) is 35.7 Å². The lowest BCUT2D eigenvalue weighted by atomic mass is 10.5. The summed E-state index contributed by atoms with van der Waals surface area (Å²) in [6.07, 6.45) is 0. The van der Waals surface area contributed by atoms with E-state index in [0.29, 0.717) is 16.4 Å². The van der Waals surface area contributed by atoms with Crippen LogP contribution in [0.3, 0.4) is 0 Å². The third-order valence-corrected chi connectivity index (χ3v) is 6.76. The van der Waals surface area contributed by atoms with Crippen molar-refractivity contribution in [2.75, 3.05) is 18.1 Å². The highest BCUT2D eigenvalue weighted by Crippen LogP contribution is 2.21. The van der Waals surface area contributed by atoms with Crippen LogP contribution in [0.1, 0.15) is 11.8 Å². The molecule has 0 spiro atoms. The van der Waals surface area contributed by atoms with Gasteiger partial charge in [0.25, 0.3) is 0 Å². The van der Waals surface area contributed by atoms with Crippen molar-refractivity contribution < 1.29 is 12.6 Å². The van der Waals surface area contributed by atoms with Gasteiger partial charge in [-0.05, 0) is 12.1 Å². The Morgan fingerprint density at radius 1 is 1.56 bits per heavy atom. The summed E-state index contributed by atoms with van der Waals surface area (Å²) in [6, 6.07) is 3.03. The van der Waals surface area contributed by atoms with Gasteiger partial charge in [0, 0.05) is 28.9 Å². The smallest absolute Gasteiger partial charge is 0.250 e. The average Bonchev–Trinajstić information content (AvgIpc) is 2.78. The van der Waals surface area contributed by atoms with Gasteiger partial charge in [-0.1, -0.05) is 19.1 Å². The number of hydrogen-bond donors (Lipinski definition) is 2. The first kappa shape index (κ1) is 15.7. The van der Waals surface area contributed by atoms with E-state index in [0.717, 1.165) is 11.3 Å². The van der Waals surface area contributed by atoms with E-state index in [9.17, 15) is 12.6 Å². The molecule has 1 rings (SSSR count). The number of thiocarbonyl (C=S) groups is 1. The molecule has 1 unspecified atom stereocenters. The largest absolute Gasteiger partial charge is 0.389 e. The Balaban J connectivity index is 2.68. The molecule has 0 aliphatic carbocycles. The van der Waals surface area contributed by atoms with Gasteiger partial charge < -0.3 is 5.73 Å². The Kier molecular flexibility index (Phi) is 5.86. The summed E-state index contributed by atoms with van der Waals surface area (Å²) < 4.78 is 37.4. The molecule has 0 saturated heterocycles. The van der Waals surface area contributed by atoms with E-state index in [-0.39, 0.29) is 15.7 Å². The highest BCUT2D eigenvalue weighted by molar-refractivity contribution is 7.91. The van der Waals surface area contributed by atoms with Crippen molar-refractivity contribution >= 4 is 49.4 Å². The summed E-state index contributed by atoms with van der Waals surface area (Å²) in [5.41, 5.74) is 5.41. The molecule has 1 heterocycles. The van der Waals surface area contributed by atoms with Crippen molar-refractivity contribution in [3.05, 3.63) is 17.0 Å². The molecular formula is C9H14N2O3S4. The summed E-state index contributed by atoms with van der Waals surface area (Å²) in [5.74, 6) is 0.829. The summed E-state index contributed by atoms with van der Waals surface area (Å²) in [5, 5.41) is 0. The molecule has 0 saturated carbocycles. The van der Waals surface area contributed by atoms with Crippen LogP contribution < -0.4 is 10.5 Å². The van der Waals surface area contributed by atoms with E-state index in [1.165, 1.54) is 6.07 Å². The molecule has 0 aromatic carbocycles. The molecule has 102 valence electrons. The van der Waals surface area contributed by atoms with Crippen LogP contribution in [0.25, 0.3) is 0 Å². The highest BCUT2D eigenvalue weighted by Gasteiger charge is 2.17. The van der Waals surface area contributed by atoms with E-state index in [2.05, 4.69) is 4.72 Å². The molecule has 0 radical (unpaired) electrons. The predicted octanol–water partition coefficient (Wildman–Crippen LogP) is 0.429. The molecule has 5 nitrogen and oxygen atoms in total. The second kappa shape index (κ2) is 6.71. The van der Waals surface area contributed by atoms with Crippen LogP contribution in [0.4, 0.5) is 0 Å². The van der Waals surface area contributed by atoms with Gasteiger partial charge in [-0.2, -0.15) is 0 Å². The quantitative estimate of drug-likeness (QED) is 0.709. The number of hydrogen-bond acceptors (Lipinski definition) is 5. The summed E-state index contributed by atoms with van der Waals surface area (Å²) in [7, 11) is -4.54.